The average Bonchev–Trinajstić information content (AvgIpc) is 2.72. The molecule has 7 heteroatoms. The van der Waals surface area contributed by atoms with Gasteiger partial charge in [0.25, 0.3) is 0 Å². The van der Waals surface area contributed by atoms with Gasteiger partial charge in [0.2, 0.25) is 0 Å². The number of carbonyl (C=O) groups excluding carboxylic acids is 2. The molecule has 1 atom stereocenters. The zero-order valence-corrected chi connectivity index (χ0v) is 17.7. The van der Waals surface area contributed by atoms with Crippen molar-refractivity contribution in [2.45, 2.75) is 13.0 Å². The lowest BCUT2D eigenvalue weighted by Gasteiger charge is -2.33. The topological polar surface area (TPSA) is 67.1 Å². The highest BCUT2D eigenvalue weighted by Crippen LogP contribution is 2.20. The smallest absolute Gasteiger partial charge is 0.313 e. The number of para-hydroxylation sites is 1. The number of piperazine rings is 1. The van der Waals surface area contributed by atoms with Gasteiger partial charge in [-0.25, -0.2) is 0 Å². The third-order valence-corrected chi connectivity index (χ3v) is 5.84. The molecule has 1 aliphatic heterocycles. The number of aryl methyl sites for hydroxylation is 1. The fraction of sp³-hybridized carbons (Fsp3) is 0.364. The number of likely N-dealkylation sites (N-methyl/N-ethyl adjacent to an activating group) is 1. The van der Waals surface area contributed by atoms with Gasteiger partial charge < -0.3 is 20.4 Å². The van der Waals surface area contributed by atoms with Gasteiger partial charge in [0.1, 0.15) is 32.2 Å². The summed E-state index contributed by atoms with van der Waals surface area (Å²) in [6, 6.07) is 15.4. The maximum absolute atomic E-state index is 12.4. The lowest BCUT2D eigenvalue weighted by Crippen LogP contribution is -3.27. The molecule has 0 spiro atoms. The summed E-state index contributed by atoms with van der Waals surface area (Å²) in [5.41, 5.74) is 2.81. The van der Waals surface area contributed by atoms with Crippen LogP contribution in [0.25, 0.3) is 0 Å². The SMILES string of the molecule is Cc1ccc([C@@H](CNC(=O)C(=O)Nc2ccccc2Cl)[NH+]2CC[NH+](C)CC2)cc1. The number of carbonyl (C=O) groups is 2. The summed E-state index contributed by atoms with van der Waals surface area (Å²) in [6.45, 7) is 6.73. The molecule has 3 rings (SSSR count). The predicted molar refractivity (Wildman–Crippen MR) is 114 cm³/mol. The molecule has 2 aromatic rings. The average molecular weight is 417 g/mol. The van der Waals surface area contributed by atoms with Crippen LogP contribution in [0.5, 0.6) is 0 Å². The molecule has 0 aromatic heterocycles. The van der Waals surface area contributed by atoms with E-state index in [-0.39, 0.29) is 6.04 Å². The van der Waals surface area contributed by atoms with Crippen molar-refractivity contribution in [2.75, 3.05) is 45.1 Å². The monoisotopic (exact) mass is 416 g/mol. The summed E-state index contributed by atoms with van der Waals surface area (Å²) < 4.78 is 0. The Balaban J connectivity index is 1.65. The van der Waals surface area contributed by atoms with Crippen molar-refractivity contribution < 1.29 is 19.4 Å². The first-order valence-corrected chi connectivity index (χ1v) is 10.4. The van der Waals surface area contributed by atoms with Crippen LogP contribution in [0, 0.1) is 6.92 Å². The van der Waals surface area contributed by atoms with Crippen LogP contribution in [-0.4, -0.2) is 51.6 Å². The first-order valence-electron chi connectivity index (χ1n) is 10.00. The maximum Gasteiger partial charge on any atom is 0.313 e. The van der Waals surface area contributed by atoms with Gasteiger partial charge in [-0.05, 0) is 19.1 Å². The Morgan fingerprint density at radius 1 is 1.00 bits per heavy atom. The number of hydrogen-bond donors (Lipinski definition) is 4. The van der Waals surface area contributed by atoms with Crippen molar-refractivity contribution in [1.82, 2.24) is 5.32 Å². The molecule has 0 saturated carbocycles. The minimum absolute atomic E-state index is 0.112. The van der Waals surface area contributed by atoms with E-state index < -0.39 is 11.8 Å². The largest absolute Gasteiger partial charge is 0.341 e. The van der Waals surface area contributed by atoms with Crippen LogP contribution < -0.4 is 20.4 Å². The Labute approximate surface area is 176 Å². The highest BCUT2D eigenvalue weighted by molar-refractivity contribution is 6.41. The second-order valence-electron chi connectivity index (χ2n) is 7.72. The van der Waals surface area contributed by atoms with Crippen molar-refractivity contribution in [1.29, 1.82) is 0 Å². The van der Waals surface area contributed by atoms with Crippen LogP contribution >= 0.6 is 11.6 Å². The number of rotatable bonds is 5. The third-order valence-electron chi connectivity index (χ3n) is 5.51. The Morgan fingerprint density at radius 2 is 1.66 bits per heavy atom. The summed E-state index contributed by atoms with van der Waals surface area (Å²) in [6.07, 6.45) is 0. The number of nitrogens with one attached hydrogen (secondary N) is 4. The fourth-order valence-electron chi connectivity index (χ4n) is 3.66. The molecule has 1 saturated heterocycles. The Morgan fingerprint density at radius 3 is 2.31 bits per heavy atom. The van der Waals surface area contributed by atoms with E-state index in [1.807, 2.05) is 0 Å². The molecular formula is C22H29ClN4O2+2. The Hall–Kier alpha value is -2.41. The lowest BCUT2D eigenvalue weighted by molar-refractivity contribution is -1.02. The van der Waals surface area contributed by atoms with E-state index in [1.165, 1.54) is 20.9 Å². The van der Waals surface area contributed by atoms with Crippen LogP contribution in [-0.2, 0) is 9.59 Å². The van der Waals surface area contributed by atoms with E-state index in [2.05, 4.69) is 48.9 Å². The van der Waals surface area contributed by atoms with Gasteiger partial charge in [-0.2, -0.15) is 0 Å². The highest BCUT2D eigenvalue weighted by Gasteiger charge is 2.30. The molecular weight excluding hydrogens is 388 g/mol. The standard InChI is InChI=1S/C22H27ClN4O2/c1-16-7-9-17(10-8-16)20(27-13-11-26(2)12-14-27)15-24-21(28)22(29)25-19-6-4-3-5-18(19)23/h3-10,20H,11-15H2,1-2H3,(H,24,28)(H,25,29)/p+2/t20-/m1/s1. The minimum Gasteiger partial charge on any atom is -0.341 e. The van der Waals surface area contributed by atoms with Gasteiger partial charge >= 0.3 is 11.8 Å². The van der Waals surface area contributed by atoms with Crippen molar-refractivity contribution >= 4 is 29.1 Å². The summed E-state index contributed by atoms with van der Waals surface area (Å²) in [5.74, 6) is -1.36. The molecule has 0 bridgehead atoms. The molecule has 0 aliphatic carbocycles. The Bertz CT molecular complexity index is 848. The molecule has 0 unspecified atom stereocenters. The zero-order valence-electron chi connectivity index (χ0n) is 16.9. The van der Waals surface area contributed by atoms with Crippen LogP contribution in [0.2, 0.25) is 5.02 Å². The number of hydrogen-bond acceptors (Lipinski definition) is 2. The van der Waals surface area contributed by atoms with Crippen molar-refractivity contribution in [3.63, 3.8) is 0 Å². The van der Waals surface area contributed by atoms with Gasteiger partial charge in [0.05, 0.1) is 24.3 Å². The zero-order chi connectivity index (χ0) is 20.8. The van der Waals surface area contributed by atoms with E-state index in [0.29, 0.717) is 17.3 Å². The fourth-order valence-corrected chi connectivity index (χ4v) is 3.84. The molecule has 29 heavy (non-hydrogen) atoms. The maximum atomic E-state index is 12.4. The molecule has 6 nitrogen and oxygen atoms in total. The van der Waals surface area contributed by atoms with E-state index in [4.69, 9.17) is 11.6 Å². The first kappa shape index (κ1) is 21.3. The summed E-state index contributed by atoms with van der Waals surface area (Å²) >= 11 is 6.05. The van der Waals surface area contributed by atoms with Crippen LogP contribution in [0.3, 0.4) is 0 Å². The molecule has 2 aromatic carbocycles. The molecule has 1 fully saturated rings. The van der Waals surface area contributed by atoms with Crippen molar-refractivity contribution in [3.8, 4) is 0 Å². The second-order valence-corrected chi connectivity index (χ2v) is 8.13. The second kappa shape index (κ2) is 9.87. The van der Waals surface area contributed by atoms with Gasteiger partial charge in [-0.3, -0.25) is 9.59 Å². The summed E-state index contributed by atoms with van der Waals surface area (Å²) in [7, 11) is 2.21. The van der Waals surface area contributed by atoms with Gasteiger partial charge in [-0.1, -0.05) is 53.6 Å². The molecule has 2 amide bonds. The van der Waals surface area contributed by atoms with Crippen LogP contribution in [0.15, 0.2) is 48.5 Å². The van der Waals surface area contributed by atoms with Crippen molar-refractivity contribution in [2.24, 2.45) is 0 Å². The van der Waals surface area contributed by atoms with E-state index in [9.17, 15) is 9.59 Å². The number of amides is 2. The van der Waals surface area contributed by atoms with Crippen LogP contribution in [0.1, 0.15) is 17.2 Å². The molecule has 1 heterocycles. The molecule has 4 N–H and O–H groups in total. The predicted octanol–water partition coefficient (Wildman–Crippen LogP) is -0.142. The highest BCUT2D eigenvalue weighted by atomic mass is 35.5. The summed E-state index contributed by atoms with van der Waals surface area (Å²) in [4.78, 5) is 27.7. The van der Waals surface area contributed by atoms with Crippen LogP contribution in [0.4, 0.5) is 5.69 Å². The number of benzene rings is 2. The molecule has 0 radical (unpaired) electrons. The first-order chi connectivity index (χ1) is 13.9. The third kappa shape index (κ3) is 5.79. The van der Waals surface area contributed by atoms with E-state index in [0.717, 1.165) is 26.2 Å². The van der Waals surface area contributed by atoms with Crippen molar-refractivity contribution in [3.05, 3.63) is 64.7 Å². The van der Waals surface area contributed by atoms with Gasteiger partial charge in [0, 0.05) is 5.56 Å². The van der Waals surface area contributed by atoms with E-state index in [1.54, 1.807) is 24.3 Å². The quantitative estimate of drug-likeness (QED) is 0.512. The number of halogens is 1. The molecule has 1 aliphatic rings. The summed E-state index contributed by atoms with van der Waals surface area (Å²) in [5, 5.41) is 5.79. The van der Waals surface area contributed by atoms with Gasteiger partial charge in [-0.15, -0.1) is 0 Å². The number of quaternary nitrogens is 2. The number of anilines is 1. The normalized spacial score (nSPS) is 20.0. The van der Waals surface area contributed by atoms with Gasteiger partial charge in [0.15, 0.2) is 0 Å². The minimum atomic E-state index is -0.710. The van der Waals surface area contributed by atoms with E-state index >= 15 is 0 Å². The Kier molecular flexibility index (Phi) is 7.25. The lowest BCUT2D eigenvalue weighted by atomic mass is 10.0. The molecule has 154 valence electrons.